The quantitative estimate of drug-likeness (QED) is 0.129. The zero-order valence-electron chi connectivity index (χ0n) is 32.3. The number of nitrogens with one attached hydrogen (secondary N) is 1. The number of halogens is 6. The summed E-state index contributed by atoms with van der Waals surface area (Å²) < 4.78 is 104. The number of nitrogens with zero attached hydrogens (tertiary/aromatic N) is 3. The largest absolute Gasteiger partial charge is 0.493 e. The van der Waals surface area contributed by atoms with Crippen LogP contribution in [-0.2, 0) is 26.6 Å². The van der Waals surface area contributed by atoms with Gasteiger partial charge in [0, 0.05) is 24.2 Å². The van der Waals surface area contributed by atoms with Crippen LogP contribution in [0.25, 0.3) is 11.8 Å². The normalized spacial score (nSPS) is 19.6. The van der Waals surface area contributed by atoms with E-state index in [4.69, 9.17) is 23.9 Å². The Morgan fingerprint density at radius 3 is 2.29 bits per heavy atom. The lowest BCUT2D eigenvalue weighted by Crippen LogP contribution is -2.50. The van der Waals surface area contributed by atoms with Gasteiger partial charge in [-0.3, -0.25) is 10.3 Å². The number of aliphatic imine (C=N–C) groups is 2. The van der Waals surface area contributed by atoms with Crippen LogP contribution in [0.5, 0.6) is 5.75 Å². The highest BCUT2D eigenvalue weighted by Crippen LogP contribution is 2.39. The van der Waals surface area contributed by atoms with Crippen LogP contribution in [0.1, 0.15) is 95.9 Å². The minimum atomic E-state index is -4.78. The third-order valence-corrected chi connectivity index (χ3v) is 8.15. The topological polar surface area (TPSA) is 111 Å². The molecule has 0 saturated carbocycles. The van der Waals surface area contributed by atoms with Gasteiger partial charge in [0.05, 0.1) is 42.7 Å². The number of likely N-dealkylation sites (tertiary alicyclic amines) is 1. The fraction of sp³-hybridized carbons (Fsp3) is 0.500. The molecule has 10 nitrogen and oxygen atoms in total. The fourth-order valence-electron chi connectivity index (χ4n) is 5.81. The fourth-order valence-corrected chi connectivity index (χ4v) is 5.81. The zero-order valence-corrected chi connectivity index (χ0v) is 32.3. The lowest BCUT2D eigenvalue weighted by Gasteiger charge is -2.30. The Morgan fingerprint density at radius 1 is 0.946 bits per heavy atom. The van der Waals surface area contributed by atoms with E-state index in [0.717, 1.165) is 18.2 Å². The summed E-state index contributed by atoms with van der Waals surface area (Å²) in [5, 5.41) is 2.59. The Hall–Kier alpha value is -4.86. The highest BCUT2D eigenvalue weighted by atomic mass is 19.4. The second-order valence-electron chi connectivity index (χ2n) is 15.1. The first-order chi connectivity index (χ1) is 26.1. The number of ether oxygens (including phenoxy) is 4. The van der Waals surface area contributed by atoms with Gasteiger partial charge in [0.15, 0.2) is 0 Å². The molecule has 306 valence electrons. The Kier molecular flexibility index (Phi) is 14.4. The number of carbonyl (C=O) groups is 2. The maximum atomic E-state index is 14.4. The lowest BCUT2D eigenvalue weighted by molar-refractivity contribution is -0.139. The third kappa shape index (κ3) is 13.7. The van der Waals surface area contributed by atoms with Gasteiger partial charge in [-0.1, -0.05) is 30.4 Å². The molecule has 1 N–H and O–H groups in total. The van der Waals surface area contributed by atoms with Gasteiger partial charge in [-0.05, 0) is 103 Å². The molecule has 2 aliphatic heterocycles. The first-order valence-electron chi connectivity index (χ1n) is 18.2. The summed E-state index contributed by atoms with van der Waals surface area (Å²) in [6, 6.07) is 7.68. The molecule has 0 radical (unpaired) electrons. The molecule has 1 atom stereocenters. The molecule has 0 aliphatic carbocycles. The van der Waals surface area contributed by atoms with Crippen molar-refractivity contribution in [3.63, 3.8) is 0 Å². The van der Waals surface area contributed by atoms with E-state index in [0.29, 0.717) is 50.1 Å². The molecule has 1 saturated heterocycles. The minimum absolute atomic E-state index is 0.111. The van der Waals surface area contributed by atoms with Crippen molar-refractivity contribution in [2.75, 3.05) is 26.4 Å². The molecule has 0 unspecified atom stereocenters. The van der Waals surface area contributed by atoms with Crippen LogP contribution < -0.4 is 10.1 Å². The van der Waals surface area contributed by atoms with Crippen LogP contribution in [0.2, 0.25) is 0 Å². The monoisotopic (exact) mass is 794 g/mol. The molecule has 0 bridgehead atoms. The van der Waals surface area contributed by atoms with Crippen molar-refractivity contribution >= 4 is 35.6 Å². The minimum Gasteiger partial charge on any atom is -0.493 e. The van der Waals surface area contributed by atoms with Gasteiger partial charge < -0.3 is 23.8 Å². The average molecular weight is 795 g/mol. The third-order valence-electron chi connectivity index (χ3n) is 8.15. The zero-order chi connectivity index (χ0) is 41.3. The van der Waals surface area contributed by atoms with Gasteiger partial charge >= 0.3 is 24.5 Å². The van der Waals surface area contributed by atoms with Crippen LogP contribution in [0.3, 0.4) is 0 Å². The van der Waals surface area contributed by atoms with Crippen molar-refractivity contribution in [1.82, 2.24) is 10.2 Å². The van der Waals surface area contributed by atoms with Crippen molar-refractivity contribution in [2.24, 2.45) is 9.98 Å². The number of benzene rings is 2. The molecule has 2 aromatic rings. The van der Waals surface area contributed by atoms with E-state index in [1.165, 1.54) is 24.3 Å². The molecule has 4 rings (SSSR count). The van der Waals surface area contributed by atoms with E-state index in [2.05, 4.69) is 10.3 Å². The summed E-state index contributed by atoms with van der Waals surface area (Å²) in [6.07, 6.45) is -4.14. The second-order valence-corrected chi connectivity index (χ2v) is 15.1. The Balaban J connectivity index is 1.59. The average Bonchev–Trinajstić information content (AvgIpc) is 3.59. The molecule has 0 spiro atoms. The molecule has 2 heterocycles. The van der Waals surface area contributed by atoms with E-state index < -0.39 is 58.7 Å². The summed E-state index contributed by atoms with van der Waals surface area (Å²) in [7, 11) is 0. The van der Waals surface area contributed by atoms with Crippen LogP contribution >= 0.6 is 0 Å². The van der Waals surface area contributed by atoms with Crippen molar-refractivity contribution in [3.8, 4) is 5.75 Å². The first-order valence-corrected chi connectivity index (χ1v) is 18.2. The van der Waals surface area contributed by atoms with E-state index >= 15 is 0 Å². The number of hydrogen-bond acceptors (Lipinski definition) is 7. The SMILES string of the molecule is CC(C)(C)OC(=O)/N=C(/NC(=O)OC(C)(C)C)N1CCC[C@H]1/C1=N/C(c2ccc(OCC/C=C/c3ccc(C(F)(F)F)cc3)c(C(F)(F)F)c2)=C\CCOCC1. The smallest absolute Gasteiger partial charge is 0.437 e. The van der Waals surface area contributed by atoms with Crippen LogP contribution in [0, 0.1) is 0 Å². The number of alkyl halides is 6. The number of hydrogen-bond donors (Lipinski definition) is 1. The number of amides is 2. The van der Waals surface area contributed by atoms with Gasteiger partial charge in [-0.25, -0.2) is 9.59 Å². The van der Waals surface area contributed by atoms with Gasteiger partial charge in [-0.15, -0.1) is 4.99 Å². The van der Waals surface area contributed by atoms with Crippen LogP contribution in [0.4, 0.5) is 35.9 Å². The van der Waals surface area contributed by atoms with E-state index in [-0.39, 0.29) is 36.9 Å². The summed E-state index contributed by atoms with van der Waals surface area (Å²) in [5.41, 5.74) is -2.00. The molecule has 2 aliphatic rings. The number of carbonyl (C=O) groups excluding carboxylic acids is 2. The lowest BCUT2D eigenvalue weighted by atomic mass is 10.0. The van der Waals surface area contributed by atoms with Crippen molar-refractivity contribution in [3.05, 3.63) is 76.9 Å². The predicted octanol–water partition coefficient (Wildman–Crippen LogP) is 10.1. The number of alkyl carbamates (subject to hydrolysis) is 1. The van der Waals surface area contributed by atoms with Crippen molar-refractivity contribution < 1.29 is 54.9 Å². The molecule has 16 heteroatoms. The van der Waals surface area contributed by atoms with Crippen molar-refractivity contribution in [2.45, 2.75) is 103 Å². The van der Waals surface area contributed by atoms with Crippen LogP contribution in [-0.4, -0.2) is 72.4 Å². The first kappa shape index (κ1) is 43.9. The molecule has 56 heavy (non-hydrogen) atoms. The van der Waals surface area contributed by atoms with Gasteiger partial charge in [-0.2, -0.15) is 26.3 Å². The molecule has 0 aromatic heterocycles. The van der Waals surface area contributed by atoms with Crippen LogP contribution in [0.15, 0.2) is 64.6 Å². The summed E-state index contributed by atoms with van der Waals surface area (Å²) >= 11 is 0. The van der Waals surface area contributed by atoms with E-state index in [1.807, 2.05) is 0 Å². The maximum Gasteiger partial charge on any atom is 0.437 e. The Labute approximate surface area is 322 Å². The molecular weight excluding hydrogens is 746 g/mol. The molecule has 2 aromatic carbocycles. The molecule has 1 fully saturated rings. The van der Waals surface area contributed by atoms with Gasteiger partial charge in [0.2, 0.25) is 5.96 Å². The summed E-state index contributed by atoms with van der Waals surface area (Å²) in [5.74, 6) is -0.501. The highest BCUT2D eigenvalue weighted by Gasteiger charge is 2.37. The number of rotatable bonds is 7. The summed E-state index contributed by atoms with van der Waals surface area (Å²) in [4.78, 5) is 36.5. The number of guanidine groups is 1. The van der Waals surface area contributed by atoms with Crippen molar-refractivity contribution in [1.29, 1.82) is 0 Å². The van der Waals surface area contributed by atoms with Gasteiger partial charge in [0.1, 0.15) is 17.0 Å². The Morgan fingerprint density at radius 2 is 1.64 bits per heavy atom. The predicted molar refractivity (Wildman–Crippen MR) is 200 cm³/mol. The second kappa shape index (κ2) is 18.4. The standard InChI is InChI=1S/C40H48F6N4O6/c1-37(2,3)55-35(51)48-34(49-36(52)56-38(4,5)6)50-21-9-13-32(50)31-20-24-53-22-10-12-30(47-31)27-16-19-33(29(25-27)40(44,45)46)54-23-8-7-11-26-14-17-28(18-15-26)39(41,42)43/h7,11-12,14-19,25,32H,8-10,13,20-24H2,1-6H3,(H,48,49,51,52)/b11-7+,30-12-,47-31+/t32-/m0/s1. The molecule has 2 amide bonds. The highest BCUT2D eigenvalue weighted by molar-refractivity contribution is 6.03. The molecular formula is C40H48F6N4O6. The van der Waals surface area contributed by atoms with Gasteiger partial charge in [0.25, 0.3) is 0 Å². The Bertz CT molecular complexity index is 1810. The summed E-state index contributed by atoms with van der Waals surface area (Å²) in [6.45, 7) is 10.9. The maximum absolute atomic E-state index is 14.4. The van der Waals surface area contributed by atoms with E-state index in [1.54, 1.807) is 64.7 Å². The van der Waals surface area contributed by atoms with E-state index in [9.17, 15) is 35.9 Å².